The van der Waals surface area contributed by atoms with Crippen molar-refractivity contribution in [3.8, 4) is 0 Å². The first-order chi connectivity index (χ1) is 12.1. The molecule has 1 aliphatic rings. The summed E-state index contributed by atoms with van der Waals surface area (Å²) in [6.45, 7) is 2.05. The molecule has 0 spiro atoms. The molecule has 1 aromatic rings. The Morgan fingerprint density at radius 2 is 1.80 bits per heavy atom. The maximum atomic E-state index is 11.8. The second-order valence-electron chi connectivity index (χ2n) is 6.26. The topological polar surface area (TPSA) is 67.4 Å². The summed E-state index contributed by atoms with van der Waals surface area (Å²) in [4.78, 5) is 23.0. The molecule has 1 amide bonds. The summed E-state index contributed by atoms with van der Waals surface area (Å²) in [6, 6.07) is 8.23. The molecule has 1 aromatic carbocycles. The van der Waals surface area contributed by atoms with Crippen molar-refractivity contribution in [2.45, 2.75) is 57.8 Å². The molecule has 1 saturated carbocycles. The number of hydrogen-bond acceptors (Lipinski definition) is 4. The number of benzene rings is 1. The van der Waals surface area contributed by atoms with E-state index in [4.69, 9.17) is 17.0 Å². The molecule has 0 aromatic heterocycles. The van der Waals surface area contributed by atoms with Crippen molar-refractivity contribution >= 4 is 34.9 Å². The van der Waals surface area contributed by atoms with Crippen molar-refractivity contribution in [1.29, 1.82) is 0 Å². The van der Waals surface area contributed by atoms with Gasteiger partial charge in [0.05, 0.1) is 13.0 Å². The summed E-state index contributed by atoms with van der Waals surface area (Å²) < 4.78 is 4.79. The maximum Gasteiger partial charge on any atom is 0.306 e. The van der Waals surface area contributed by atoms with Gasteiger partial charge in [-0.3, -0.25) is 9.59 Å². The molecule has 0 heterocycles. The molecule has 2 N–H and O–H groups in total. The van der Waals surface area contributed by atoms with Gasteiger partial charge in [-0.15, -0.1) is 0 Å². The molecule has 1 aliphatic carbocycles. The average molecular weight is 362 g/mol. The molecule has 0 atom stereocenters. The first kappa shape index (κ1) is 19.4. The Bertz CT molecular complexity index is 595. The molecule has 5 nitrogen and oxygen atoms in total. The third kappa shape index (κ3) is 6.82. The summed E-state index contributed by atoms with van der Waals surface area (Å²) in [7, 11) is 0. The normalized spacial score (nSPS) is 14.6. The van der Waals surface area contributed by atoms with Crippen LogP contribution in [0.3, 0.4) is 0 Å². The van der Waals surface area contributed by atoms with Gasteiger partial charge >= 0.3 is 5.97 Å². The van der Waals surface area contributed by atoms with Gasteiger partial charge in [0, 0.05) is 12.1 Å². The molecule has 136 valence electrons. The highest BCUT2D eigenvalue weighted by molar-refractivity contribution is 7.80. The molecule has 2 rings (SSSR count). The number of anilines is 1. The van der Waals surface area contributed by atoms with Gasteiger partial charge in [-0.25, -0.2) is 0 Å². The Morgan fingerprint density at radius 3 is 2.44 bits per heavy atom. The van der Waals surface area contributed by atoms with Crippen molar-refractivity contribution in [3.05, 3.63) is 29.8 Å². The van der Waals surface area contributed by atoms with Crippen LogP contribution in [-0.4, -0.2) is 23.6 Å². The Balaban J connectivity index is 1.76. The number of ether oxygens (including phenoxy) is 1. The Hall–Kier alpha value is -1.95. The van der Waals surface area contributed by atoms with Crippen LogP contribution >= 0.6 is 12.2 Å². The number of hydrogen-bond donors (Lipinski definition) is 2. The van der Waals surface area contributed by atoms with Gasteiger partial charge in [0.15, 0.2) is 5.11 Å². The number of nitrogens with one attached hydrogen (secondary N) is 2. The van der Waals surface area contributed by atoms with Crippen molar-refractivity contribution in [3.63, 3.8) is 0 Å². The van der Waals surface area contributed by atoms with Gasteiger partial charge in [0.1, 0.15) is 0 Å². The van der Waals surface area contributed by atoms with Crippen molar-refractivity contribution in [1.82, 2.24) is 5.32 Å². The van der Waals surface area contributed by atoms with Crippen LogP contribution in [0.15, 0.2) is 24.3 Å². The first-order valence-electron chi connectivity index (χ1n) is 8.95. The van der Waals surface area contributed by atoms with Crippen molar-refractivity contribution in [2.24, 2.45) is 0 Å². The van der Waals surface area contributed by atoms with Gasteiger partial charge in [-0.2, -0.15) is 0 Å². The van der Waals surface area contributed by atoms with Crippen LogP contribution in [-0.2, 0) is 14.3 Å². The lowest BCUT2D eigenvalue weighted by Gasteiger charge is -2.22. The van der Waals surface area contributed by atoms with Crippen LogP contribution in [0.1, 0.15) is 63.4 Å². The second-order valence-corrected chi connectivity index (χ2v) is 6.67. The number of esters is 1. The highest BCUT2D eigenvalue weighted by atomic mass is 32.1. The zero-order valence-electron chi connectivity index (χ0n) is 14.7. The standard InChI is InChI=1S/C19H26N2O3S/c1-2-24-18(23)13-12-17(22)21-19(25)20-16-10-8-15(9-11-16)14-6-4-3-5-7-14/h8-11,14H,2-7,12-13H2,1H3,(H2,20,21,22,25). The van der Waals surface area contributed by atoms with Crippen LogP contribution in [0, 0.1) is 0 Å². The zero-order chi connectivity index (χ0) is 18.1. The molecule has 0 aliphatic heterocycles. The zero-order valence-corrected chi connectivity index (χ0v) is 15.5. The van der Waals surface area contributed by atoms with Crippen molar-refractivity contribution in [2.75, 3.05) is 11.9 Å². The van der Waals surface area contributed by atoms with E-state index in [1.54, 1.807) is 6.92 Å². The second kappa shape index (κ2) is 10.1. The summed E-state index contributed by atoms with van der Waals surface area (Å²) in [5, 5.41) is 5.81. The Kier molecular flexibility index (Phi) is 7.85. The summed E-state index contributed by atoms with van der Waals surface area (Å²) in [5.41, 5.74) is 2.21. The predicted octanol–water partition coefficient (Wildman–Crippen LogP) is 3.89. The minimum absolute atomic E-state index is 0.0539. The third-order valence-electron chi connectivity index (χ3n) is 4.36. The first-order valence-corrected chi connectivity index (χ1v) is 9.35. The summed E-state index contributed by atoms with van der Waals surface area (Å²) in [6.07, 6.45) is 6.61. The van der Waals surface area contributed by atoms with Gasteiger partial charge in [-0.1, -0.05) is 31.4 Å². The van der Waals surface area contributed by atoms with E-state index in [0.717, 1.165) is 5.69 Å². The van der Waals surface area contributed by atoms with E-state index in [1.807, 2.05) is 12.1 Å². The van der Waals surface area contributed by atoms with Gasteiger partial charge < -0.3 is 15.4 Å². The molecule has 1 fully saturated rings. The smallest absolute Gasteiger partial charge is 0.306 e. The number of thiocarbonyl (C=S) groups is 1. The highest BCUT2D eigenvalue weighted by Crippen LogP contribution is 2.32. The number of amides is 1. The van der Waals surface area contributed by atoms with Gasteiger partial charge in [-0.05, 0) is 55.6 Å². The Labute approximate surface area is 154 Å². The van der Waals surface area contributed by atoms with Gasteiger partial charge in [0.2, 0.25) is 5.91 Å². The van der Waals surface area contributed by atoms with Crippen molar-refractivity contribution < 1.29 is 14.3 Å². The fourth-order valence-corrected chi connectivity index (χ4v) is 3.31. The average Bonchev–Trinajstić information content (AvgIpc) is 2.61. The van der Waals surface area contributed by atoms with Crippen LogP contribution in [0.2, 0.25) is 0 Å². The number of carbonyl (C=O) groups excluding carboxylic acids is 2. The minimum Gasteiger partial charge on any atom is -0.466 e. The molecular formula is C19H26N2O3S. The fraction of sp³-hybridized carbons (Fsp3) is 0.526. The quantitative estimate of drug-likeness (QED) is 0.594. The molecule has 0 bridgehead atoms. The molecular weight excluding hydrogens is 336 g/mol. The lowest BCUT2D eigenvalue weighted by atomic mass is 9.84. The molecule has 0 saturated heterocycles. The number of rotatable bonds is 6. The largest absolute Gasteiger partial charge is 0.466 e. The number of carbonyl (C=O) groups is 2. The van der Waals surface area contributed by atoms with E-state index < -0.39 is 0 Å². The lowest BCUT2D eigenvalue weighted by Crippen LogP contribution is -2.34. The summed E-state index contributed by atoms with van der Waals surface area (Å²) in [5.74, 6) is -0.0171. The maximum absolute atomic E-state index is 11.8. The van der Waals surface area contributed by atoms with Crippen LogP contribution in [0.4, 0.5) is 5.69 Å². The fourth-order valence-electron chi connectivity index (χ4n) is 3.07. The lowest BCUT2D eigenvalue weighted by molar-refractivity contribution is -0.144. The molecule has 0 radical (unpaired) electrons. The van der Waals surface area contributed by atoms with E-state index in [9.17, 15) is 9.59 Å². The molecule has 6 heteroatoms. The van der Waals surface area contributed by atoms with Crippen LogP contribution < -0.4 is 10.6 Å². The molecule has 0 unspecified atom stereocenters. The van der Waals surface area contributed by atoms with E-state index in [2.05, 4.69) is 22.8 Å². The van der Waals surface area contributed by atoms with Crippen LogP contribution in [0.5, 0.6) is 0 Å². The third-order valence-corrected chi connectivity index (χ3v) is 4.56. The van der Waals surface area contributed by atoms with Gasteiger partial charge in [0.25, 0.3) is 0 Å². The van der Waals surface area contributed by atoms with E-state index in [1.165, 1.54) is 37.7 Å². The SMILES string of the molecule is CCOC(=O)CCC(=O)NC(=S)Nc1ccc(C2CCCCC2)cc1. The van der Waals surface area contributed by atoms with E-state index >= 15 is 0 Å². The summed E-state index contributed by atoms with van der Waals surface area (Å²) >= 11 is 5.14. The monoisotopic (exact) mass is 362 g/mol. The van der Waals surface area contributed by atoms with Crippen LogP contribution in [0.25, 0.3) is 0 Å². The van der Waals surface area contributed by atoms with E-state index in [-0.39, 0.29) is 29.8 Å². The molecule has 25 heavy (non-hydrogen) atoms. The minimum atomic E-state index is -0.380. The highest BCUT2D eigenvalue weighted by Gasteiger charge is 2.15. The Morgan fingerprint density at radius 1 is 1.12 bits per heavy atom. The van der Waals surface area contributed by atoms with E-state index in [0.29, 0.717) is 12.5 Å². The predicted molar refractivity (Wildman–Crippen MR) is 102 cm³/mol.